The summed E-state index contributed by atoms with van der Waals surface area (Å²) in [5, 5.41) is 11.7. The fraction of sp³-hybridized carbons (Fsp3) is 0.250. The lowest BCUT2D eigenvalue weighted by Crippen LogP contribution is -2.25. The highest BCUT2D eigenvalue weighted by molar-refractivity contribution is 5.92. The third kappa shape index (κ3) is 6.59. The predicted octanol–water partition coefficient (Wildman–Crippen LogP) is 4.05. The van der Waals surface area contributed by atoms with E-state index in [2.05, 4.69) is 10.3 Å². The molecule has 0 aliphatic rings. The predicted molar refractivity (Wildman–Crippen MR) is 115 cm³/mol. The molecule has 1 heterocycles. The van der Waals surface area contributed by atoms with Crippen LogP contribution in [0.2, 0.25) is 0 Å². The summed E-state index contributed by atoms with van der Waals surface area (Å²) in [6.07, 6.45) is 2.48. The molecule has 174 valence electrons. The van der Waals surface area contributed by atoms with Gasteiger partial charge >= 0.3 is 0 Å². The lowest BCUT2D eigenvalue weighted by molar-refractivity contribution is -0.116. The summed E-state index contributed by atoms with van der Waals surface area (Å²) in [5.41, 5.74) is 6.67. The molecule has 0 radical (unpaired) electrons. The van der Waals surface area contributed by atoms with Gasteiger partial charge in [-0.1, -0.05) is 12.1 Å². The number of pyridine rings is 1. The molecule has 3 aromatic rings. The number of aliphatic hydroxyl groups is 1. The topological polar surface area (TPSA) is 88.2 Å². The number of rotatable bonds is 9. The number of nitrogens with zero attached hydrogens (tertiary/aromatic N) is 1. The van der Waals surface area contributed by atoms with Gasteiger partial charge in [0, 0.05) is 30.0 Å². The number of aromatic nitrogens is 1. The van der Waals surface area contributed by atoms with Crippen LogP contribution in [0, 0.1) is 23.3 Å². The van der Waals surface area contributed by atoms with Gasteiger partial charge in [0.15, 0.2) is 0 Å². The number of carbonyl (C=O) groups excluding carboxylic acids is 1. The van der Waals surface area contributed by atoms with Crippen LogP contribution in [-0.2, 0) is 11.2 Å². The zero-order chi connectivity index (χ0) is 24.0. The summed E-state index contributed by atoms with van der Waals surface area (Å²) in [5.74, 6) is -4.11. The third-order valence-electron chi connectivity index (χ3n) is 5.23. The summed E-state index contributed by atoms with van der Waals surface area (Å²) in [7, 11) is 0. The Hall–Kier alpha value is -3.30. The quantitative estimate of drug-likeness (QED) is 0.420. The first kappa shape index (κ1) is 24.3. The van der Waals surface area contributed by atoms with Gasteiger partial charge in [0.05, 0.1) is 24.7 Å². The van der Waals surface area contributed by atoms with Crippen molar-refractivity contribution in [2.75, 3.05) is 11.9 Å². The first-order valence-corrected chi connectivity index (χ1v) is 10.3. The van der Waals surface area contributed by atoms with E-state index in [4.69, 9.17) is 10.8 Å². The SMILES string of the molecule is NC(CO)CCc1c(F)cncc1NC(=O)C[C@@H](c1ccc(F)cc1)c1cc(F)cc(F)c1. The van der Waals surface area contributed by atoms with Crippen LogP contribution in [-0.4, -0.2) is 28.6 Å². The van der Waals surface area contributed by atoms with Crippen molar-refractivity contribution in [2.24, 2.45) is 5.73 Å². The Morgan fingerprint density at radius 2 is 1.64 bits per heavy atom. The molecule has 0 aliphatic heterocycles. The largest absolute Gasteiger partial charge is 0.395 e. The number of halogens is 4. The highest BCUT2D eigenvalue weighted by atomic mass is 19.1. The highest BCUT2D eigenvalue weighted by Gasteiger charge is 2.21. The van der Waals surface area contributed by atoms with Crippen molar-refractivity contribution in [1.29, 1.82) is 0 Å². The normalized spacial score (nSPS) is 12.9. The Balaban J connectivity index is 1.86. The van der Waals surface area contributed by atoms with Crippen molar-refractivity contribution >= 4 is 11.6 Å². The summed E-state index contributed by atoms with van der Waals surface area (Å²) < 4.78 is 55.4. The van der Waals surface area contributed by atoms with E-state index in [0.717, 1.165) is 18.3 Å². The fourth-order valence-electron chi connectivity index (χ4n) is 3.53. The number of benzene rings is 2. The van der Waals surface area contributed by atoms with Crippen molar-refractivity contribution < 1.29 is 27.5 Å². The monoisotopic (exact) mass is 461 g/mol. The van der Waals surface area contributed by atoms with Crippen molar-refractivity contribution in [2.45, 2.75) is 31.2 Å². The molecule has 4 N–H and O–H groups in total. The van der Waals surface area contributed by atoms with Crippen LogP contribution in [0.4, 0.5) is 23.2 Å². The zero-order valence-corrected chi connectivity index (χ0v) is 17.6. The molecule has 2 aromatic carbocycles. The van der Waals surface area contributed by atoms with Crippen molar-refractivity contribution in [3.63, 3.8) is 0 Å². The van der Waals surface area contributed by atoms with Gasteiger partial charge in [0.2, 0.25) is 5.91 Å². The van der Waals surface area contributed by atoms with Gasteiger partial charge in [-0.2, -0.15) is 0 Å². The molecule has 0 saturated heterocycles. The van der Waals surface area contributed by atoms with E-state index in [0.29, 0.717) is 11.6 Å². The molecule has 33 heavy (non-hydrogen) atoms. The number of aliphatic hydroxyl groups excluding tert-OH is 1. The zero-order valence-electron chi connectivity index (χ0n) is 17.6. The molecule has 0 fully saturated rings. The molecule has 9 heteroatoms. The molecule has 0 bridgehead atoms. The summed E-state index contributed by atoms with van der Waals surface area (Å²) in [4.78, 5) is 16.6. The second-order valence-corrected chi connectivity index (χ2v) is 7.69. The molecule has 1 amide bonds. The molecule has 1 unspecified atom stereocenters. The Labute approximate surface area is 188 Å². The van der Waals surface area contributed by atoms with E-state index in [1.54, 1.807) is 0 Å². The van der Waals surface area contributed by atoms with Gasteiger partial charge in [-0.15, -0.1) is 0 Å². The van der Waals surface area contributed by atoms with Gasteiger partial charge in [0.1, 0.15) is 23.3 Å². The second kappa shape index (κ2) is 11.0. The van der Waals surface area contributed by atoms with E-state index in [1.807, 2.05) is 0 Å². The number of hydrogen-bond acceptors (Lipinski definition) is 4. The van der Waals surface area contributed by atoms with Gasteiger partial charge in [-0.25, -0.2) is 17.6 Å². The summed E-state index contributed by atoms with van der Waals surface area (Å²) in [6.45, 7) is -0.266. The Kier molecular flexibility index (Phi) is 8.13. The maximum absolute atomic E-state index is 14.3. The highest BCUT2D eigenvalue weighted by Crippen LogP contribution is 2.30. The fourth-order valence-corrected chi connectivity index (χ4v) is 3.53. The maximum Gasteiger partial charge on any atom is 0.225 e. The maximum atomic E-state index is 14.3. The molecule has 0 spiro atoms. The second-order valence-electron chi connectivity index (χ2n) is 7.69. The van der Waals surface area contributed by atoms with E-state index in [1.165, 1.54) is 30.5 Å². The lowest BCUT2D eigenvalue weighted by atomic mass is 9.88. The van der Waals surface area contributed by atoms with Crippen molar-refractivity contribution in [3.8, 4) is 0 Å². The molecule has 5 nitrogen and oxygen atoms in total. The smallest absolute Gasteiger partial charge is 0.225 e. The molecular weight excluding hydrogens is 438 g/mol. The number of nitrogens with two attached hydrogens (primary N) is 1. The Morgan fingerprint density at radius 1 is 0.970 bits per heavy atom. The molecular formula is C24H23F4N3O2. The van der Waals surface area contributed by atoms with Crippen LogP contribution >= 0.6 is 0 Å². The number of amides is 1. The van der Waals surface area contributed by atoms with E-state index in [9.17, 15) is 22.4 Å². The van der Waals surface area contributed by atoms with Gasteiger partial charge in [-0.3, -0.25) is 9.78 Å². The first-order chi connectivity index (χ1) is 15.8. The van der Waals surface area contributed by atoms with Crippen LogP contribution in [0.15, 0.2) is 54.9 Å². The van der Waals surface area contributed by atoms with Crippen LogP contribution in [0.5, 0.6) is 0 Å². The molecule has 3 rings (SSSR count). The van der Waals surface area contributed by atoms with Gasteiger partial charge < -0.3 is 16.2 Å². The van der Waals surface area contributed by atoms with E-state index >= 15 is 0 Å². The van der Waals surface area contributed by atoms with Gasteiger partial charge in [-0.05, 0) is 48.2 Å². The first-order valence-electron chi connectivity index (χ1n) is 10.3. The summed E-state index contributed by atoms with van der Waals surface area (Å²) >= 11 is 0. The Bertz CT molecular complexity index is 1090. The van der Waals surface area contributed by atoms with Crippen LogP contribution in [0.25, 0.3) is 0 Å². The third-order valence-corrected chi connectivity index (χ3v) is 5.23. The van der Waals surface area contributed by atoms with E-state index < -0.39 is 41.1 Å². The van der Waals surface area contributed by atoms with Crippen molar-refractivity contribution in [3.05, 3.63) is 94.8 Å². The minimum absolute atomic E-state index is 0.133. The van der Waals surface area contributed by atoms with Crippen LogP contribution < -0.4 is 11.1 Å². The van der Waals surface area contributed by atoms with Gasteiger partial charge in [0.25, 0.3) is 0 Å². The molecule has 2 atom stereocenters. The lowest BCUT2D eigenvalue weighted by Gasteiger charge is -2.19. The molecule has 0 aliphatic carbocycles. The number of anilines is 1. The van der Waals surface area contributed by atoms with Crippen LogP contribution in [0.1, 0.15) is 35.4 Å². The number of nitrogens with one attached hydrogen (secondary N) is 1. The number of hydrogen-bond donors (Lipinski definition) is 3. The minimum Gasteiger partial charge on any atom is -0.395 e. The standard InChI is InChI=1S/C24H23F4N3O2/c25-16-3-1-14(2-4-16)21(15-7-17(26)9-18(27)8-15)10-24(33)31-23-12-30-11-22(28)20(23)6-5-19(29)13-32/h1-4,7-9,11-12,19,21,32H,5-6,10,13,29H2,(H,31,33)/t19?,21-/m0/s1. The van der Waals surface area contributed by atoms with Crippen molar-refractivity contribution in [1.82, 2.24) is 4.98 Å². The average molecular weight is 461 g/mol. The average Bonchev–Trinajstić information content (AvgIpc) is 2.77. The minimum atomic E-state index is -0.811. The molecule has 0 saturated carbocycles. The molecule has 1 aromatic heterocycles. The van der Waals surface area contributed by atoms with E-state index in [-0.39, 0.29) is 42.7 Å². The van der Waals surface area contributed by atoms with Crippen LogP contribution in [0.3, 0.4) is 0 Å². The summed E-state index contributed by atoms with van der Waals surface area (Å²) in [6, 6.07) is 7.62. The number of carbonyl (C=O) groups is 1. The Morgan fingerprint density at radius 3 is 2.27 bits per heavy atom.